The predicted octanol–water partition coefficient (Wildman–Crippen LogP) is 8.10. The highest BCUT2D eigenvalue weighted by molar-refractivity contribution is 7.17. The molecule has 58 heavy (non-hydrogen) atoms. The number of rotatable bonds is 13. The van der Waals surface area contributed by atoms with Gasteiger partial charge in [0.15, 0.2) is 5.88 Å². The van der Waals surface area contributed by atoms with E-state index < -0.39 is 5.54 Å². The number of hydrogen-bond acceptors (Lipinski definition) is 11. The summed E-state index contributed by atoms with van der Waals surface area (Å²) in [7, 11) is 1.53. The molecule has 2 fully saturated rings. The van der Waals surface area contributed by atoms with Gasteiger partial charge in [-0.05, 0) is 57.9 Å². The van der Waals surface area contributed by atoms with Gasteiger partial charge in [0.1, 0.15) is 17.2 Å². The molecule has 6 heterocycles. The molecule has 0 bridgehead atoms. The van der Waals surface area contributed by atoms with Crippen molar-refractivity contribution in [2.45, 2.75) is 70.9 Å². The maximum absolute atomic E-state index is 13.6. The molecule has 4 aromatic heterocycles. The first-order valence-electron chi connectivity index (χ1n) is 19.9. The first-order chi connectivity index (χ1) is 28.1. The number of likely N-dealkylation sites (tertiary alicyclic amines) is 2. The van der Waals surface area contributed by atoms with Crippen molar-refractivity contribution >= 4 is 54.9 Å². The van der Waals surface area contributed by atoms with E-state index >= 15 is 0 Å². The van der Waals surface area contributed by atoms with E-state index in [0.29, 0.717) is 24.9 Å². The maximum Gasteiger partial charge on any atom is 0.242 e. The van der Waals surface area contributed by atoms with Crippen LogP contribution in [-0.2, 0) is 19.9 Å². The molecule has 2 aromatic carbocycles. The Balaban J connectivity index is 1.08. The molecule has 13 nitrogen and oxygen atoms in total. The van der Waals surface area contributed by atoms with Crippen LogP contribution < -0.4 is 10.6 Å². The zero-order valence-electron chi connectivity index (χ0n) is 33.5. The lowest BCUT2D eigenvalue weighted by molar-refractivity contribution is -0.140. The van der Waals surface area contributed by atoms with Crippen molar-refractivity contribution in [1.82, 2.24) is 50.3 Å². The summed E-state index contributed by atoms with van der Waals surface area (Å²) in [6.07, 6.45) is 9.16. The van der Waals surface area contributed by atoms with Gasteiger partial charge in [0.2, 0.25) is 11.8 Å². The lowest BCUT2D eigenvalue weighted by atomic mass is 9.83. The third-order valence-electron chi connectivity index (χ3n) is 11.8. The Hall–Kier alpha value is -5.54. The van der Waals surface area contributed by atoms with E-state index in [4.69, 9.17) is 24.7 Å². The molecule has 2 saturated heterocycles. The molecule has 2 amide bonds. The average molecular weight is 819 g/mol. The first kappa shape index (κ1) is 39.3. The van der Waals surface area contributed by atoms with E-state index in [2.05, 4.69) is 71.9 Å². The van der Waals surface area contributed by atoms with E-state index in [1.165, 1.54) is 7.11 Å². The second-order valence-electron chi connectivity index (χ2n) is 15.5. The first-order valence-corrected chi connectivity index (χ1v) is 21.7. The fourth-order valence-electron chi connectivity index (χ4n) is 8.66. The van der Waals surface area contributed by atoms with E-state index in [0.717, 1.165) is 110 Å². The van der Waals surface area contributed by atoms with Crippen molar-refractivity contribution < 1.29 is 14.3 Å². The van der Waals surface area contributed by atoms with E-state index in [1.807, 2.05) is 40.1 Å². The molecule has 4 N–H and O–H groups in total. The number of nitrogens with one attached hydrogen (secondary N) is 4. The summed E-state index contributed by atoms with van der Waals surface area (Å²) in [5.74, 6) is 2.42. The highest BCUT2D eigenvalue weighted by atomic mass is 32.1. The van der Waals surface area contributed by atoms with Gasteiger partial charge in [0, 0.05) is 41.0 Å². The SMILES string of the molecule is C=C(C)NCC(=O)N1C[C@@H](C)CCC1c1ncc(-c2ccc(-c3ccc(-c4cnc([C@@]5(CC)CCCCN5C(=O)CNC(=C)OC)[nH]4)c4scnc34)c3ncsc23)[nH]1. The number of carbonyl (C=O) groups excluding carboxylic acids is 2. The number of benzene rings is 2. The number of carbonyl (C=O) groups is 2. The number of H-pyrrole nitrogens is 2. The van der Waals surface area contributed by atoms with Gasteiger partial charge >= 0.3 is 0 Å². The minimum atomic E-state index is -0.544. The molecular formula is C43H50N10O3S2. The van der Waals surface area contributed by atoms with Gasteiger partial charge in [-0.1, -0.05) is 44.7 Å². The molecule has 3 atom stereocenters. The Morgan fingerprint density at radius 1 is 0.879 bits per heavy atom. The van der Waals surface area contributed by atoms with Crippen LogP contribution in [-0.4, -0.2) is 84.8 Å². The van der Waals surface area contributed by atoms with Crippen molar-refractivity contribution in [3.8, 4) is 33.6 Å². The number of thiazole rings is 2. The van der Waals surface area contributed by atoms with Crippen molar-refractivity contribution in [2.75, 3.05) is 33.3 Å². The number of amides is 2. The maximum atomic E-state index is 13.6. The Morgan fingerprint density at radius 3 is 2.17 bits per heavy atom. The van der Waals surface area contributed by atoms with Crippen LogP contribution >= 0.6 is 22.7 Å². The number of imidazole rings is 2. The zero-order valence-corrected chi connectivity index (χ0v) is 35.1. The van der Waals surface area contributed by atoms with Crippen molar-refractivity contribution in [1.29, 1.82) is 0 Å². The molecule has 15 heteroatoms. The fourth-order valence-corrected chi connectivity index (χ4v) is 10.3. The van der Waals surface area contributed by atoms with Crippen LogP contribution in [0.1, 0.15) is 77.0 Å². The third kappa shape index (κ3) is 7.25. The van der Waals surface area contributed by atoms with Crippen molar-refractivity contribution in [3.05, 3.63) is 84.1 Å². The quantitative estimate of drug-likeness (QED) is 0.0846. The average Bonchev–Trinajstić information content (AvgIpc) is 4.09. The molecule has 0 saturated carbocycles. The van der Waals surface area contributed by atoms with E-state index in [1.54, 1.807) is 22.7 Å². The number of piperidine rings is 2. The van der Waals surface area contributed by atoms with Gasteiger partial charge in [-0.3, -0.25) is 9.59 Å². The summed E-state index contributed by atoms with van der Waals surface area (Å²) in [6.45, 7) is 15.6. The molecule has 2 aliphatic rings. The number of allylic oxidation sites excluding steroid dienone is 1. The Bertz CT molecular complexity index is 2500. The molecular weight excluding hydrogens is 769 g/mol. The van der Waals surface area contributed by atoms with E-state index in [-0.39, 0.29) is 30.9 Å². The number of fused-ring (bicyclic) bond motifs is 2. The molecule has 0 radical (unpaired) electrons. The number of methoxy groups -OCH3 is 1. The molecule has 0 aliphatic carbocycles. The molecule has 302 valence electrons. The molecule has 2 aliphatic heterocycles. The zero-order chi connectivity index (χ0) is 40.6. The Morgan fingerprint density at radius 2 is 1.52 bits per heavy atom. The fraction of sp³-hybridized carbons (Fsp3) is 0.395. The third-order valence-corrected chi connectivity index (χ3v) is 13.5. The Labute approximate surface area is 346 Å². The van der Waals surface area contributed by atoms with Crippen molar-refractivity contribution in [2.24, 2.45) is 5.92 Å². The highest BCUT2D eigenvalue weighted by Crippen LogP contribution is 2.44. The molecule has 8 rings (SSSR count). The lowest BCUT2D eigenvalue weighted by Crippen LogP contribution is -2.54. The molecule has 6 aromatic rings. The van der Waals surface area contributed by atoms with Crippen LogP contribution in [0.25, 0.3) is 54.1 Å². The number of aromatic nitrogens is 6. The summed E-state index contributed by atoms with van der Waals surface area (Å²) in [5, 5.41) is 6.09. The smallest absolute Gasteiger partial charge is 0.242 e. The number of hydrogen-bond donors (Lipinski definition) is 4. The monoisotopic (exact) mass is 818 g/mol. The topological polar surface area (TPSA) is 157 Å². The van der Waals surface area contributed by atoms with Crippen LogP contribution in [0.4, 0.5) is 0 Å². The van der Waals surface area contributed by atoms with Gasteiger partial charge in [-0.25, -0.2) is 19.9 Å². The van der Waals surface area contributed by atoms with Crippen LogP contribution in [0.3, 0.4) is 0 Å². The summed E-state index contributed by atoms with van der Waals surface area (Å²) in [4.78, 5) is 57.6. The van der Waals surface area contributed by atoms with Gasteiger partial charge in [-0.15, -0.1) is 22.7 Å². The normalized spacial score (nSPS) is 19.7. The summed E-state index contributed by atoms with van der Waals surface area (Å²) < 4.78 is 7.22. The lowest BCUT2D eigenvalue weighted by Gasteiger charge is -2.45. The molecule has 1 unspecified atom stereocenters. The summed E-state index contributed by atoms with van der Waals surface area (Å²) in [6, 6.07) is 8.39. The van der Waals surface area contributed by atoms with Crippen LogP contribution in [0.15, 0.2) is 72.4 Å². The Kier molecular flexibility index (Phi) is 11.1. The van der Waals surface area contributed by atoms with Gasteiger partial charge in [-0.2, -0.15) is 0 Å². The number of nitrogens with zero attached hydrogens (tertiary/aromatic N) is 6. The predicted molar refractivity (Wildman–Crippen MR) is 231 cm³/mol. The van der Waals surface area contributed by atoms with Crippen LogP contribution in [0.5, 0.6) is 0 Å². The minimum absolute atomic E-state index is 0.0102. The van der Waals surface area contributed by atoms with Gasteiger partial charge in [0.25, 0.3) is 0 Å². The van der Waals surface area contributed by atoms with Gasteiger partial charge < -0.3 is 35.1 Å². The summed E-state index contributed by atoms with van der Waals surface area (Å²) >= 11 is 3.19. The minimum Gasteiger partial charge on any atom is -0.483 e. The van der Waals surface area contributed by atoms with Crippen LogP contribution in [0, 0.1) is 5.92 Å². The van der Waals surface area contributed by atoms with E-state index in [9.17, 15) is 9.59 Å². The van der Waals surface area contributed by atoms with Crippen molar-refractivity contribution in [3.63, 3.8) is 0 Å². The molecule has 0 spiro atoms. The largest absolute Gasteiger partial charge is 0.483 e. The second-order valence-corrected chi connectivity index (χ2v) is 17.2. The summed E-state index contributed by atoms with van der Waals surface area (Å²) in [5.41, 5.74) is 11.6. The highest BCUT2D eigenvalue weighted by Gasteiger charge is 2.44. The standard InChI is InChI=1S/C43H50N10O3S2/c1-7-43(16-8-9-17-53(43)36(55)21-45-27(5)56-6)42-47-19-33(51-42)31-14-12-29(38-40(31)58-24-49-38)28-11-13-30(39-37(28)48-23-57-39)32-18-46-41(50-32)34-15-10-26(4)22-52(34)35(54)20-44-25(2)3/h11-14,18-19,23-24,26,34,44-45H,2,5,7-10,15-17,20-22H2,1,3-4,6H3,(H,46,50)(H,47,51)/t26-,34?,43+/m0/s1. The number of aromatic amines is 2. The second kappa shape index (κ2) is 16.4. The number of ether oxygens (including phenoxy) is 1. The van der Waals surface area contributed by atoms with Crippen LogP contribution in [0.2, 0.25) is 0 Å². The van der Waals surface area contributed by atoms with Gasteiger partial charge in [0.05, 0.1) is 81.5 Å².